The maximum Gasteiger partial charge on any atom is 0.217 e. The van der Waals surface area contributed by atoms with Crippen LogP contribution < -0.4 is 4.90 Å². The Hall–Kier alpha value is -1.02. The molecular formula is C6H10N2O4S. The normalized spacial score (nSPS) is 19.4. The summed E-state index contributed by atoms with van der Waals surface area (Å²) >= 11 is 0. The summed E-state index contributed by atoms with van der Waals surface area (Å²) in [5.41, 5.74) is 0. The van der Waals surface area contributed by atoms with Crippen LogP contribution in [0, 0.1) is 0 Å². The SMILES string of the molecule is C=C[NH+]1C=CN=C1.COS(=O)(=O)[O-]. The second kappa shape index (κ2) is 5.60. The molecule has 0 fully saturated rings. The van der Waals surface area contributed by atoms with Crippen LogP contribution in [0.15, 0.2) is 30.2 Å². The highest BCUT2D eigenvalue weighted by Gasteiger charge is 1.95. The van der Waals surface area contributed by atoms with Crippen molar-refractivity contribution in [2.24, 2.45) is 4.99 Å². The van der Waals surface area contributed by atoms with Gasteiger partial charge in [0.15, 0.2) is 6.34 Å². The van der Waals surface area contributed by atoms with Crippen molar-refractivity contribution in [1.29, 1.82) is 0 Å². The van der Waals surface area contributed by atoms with Crippen LogP contribution in [0.25, 0.3) is 0 Å². The smallest absolute Gasteiger partial charge is 0.217 e. The van der Waals surface area contributed by atoms with Crippen LogP contribution in [0.1, 0.15) is 0 Å². The lowest BCUT2D eigenvalue weighted by molar-refractivity contribution is -0.670. The predicted octanol–water partition coefficient (Wildman–Crippen LogP) is -1.38. The second-order valence-electron chi connectivity index (χ2n) is 1.87. The molecule has 0 aromatic heterocycles. The van der Waals surface area contributed by atoms with Gasteiger partial charge in [-0.2, -0.15) is 0 Å². The maximum atomic E-state index is 9.22. The van der Waals surface area contributed by atoms with E-state index in [1.165, 1.54) is 0 Å². The Balaban J connectivity index is 0.000000226. The van der Waals surface area contributed by atoms with Gasteiger partial charge in [0.25, 0.3) is 0 Å². The Morgan fingerprint density at radius 2 is 2.23 bits per heavy atom. The van der Waals surface area contributed by atoms with Gasteiger partial charge in [-0.15, -0.1) is 0 Å². The average Bonchev–Trinajstić information content (AvgIpc) is 2.56. The van der Waals surface area contributed by atoms with Gasteiger partial charge in [-0.3, -0.25) is 4.18 Å². The molecule has 0 aromatic rings. The third-order valence-electron chi connectivity index (χ3n) is 1.02. The first-order valence-electron chi connectivity index (χ1n) is 3.20. The highest BCUT2D eigenvalue weighted by molar-refractivity contribution is 7.80. The van der Waals surface area contributed by atoms with Crippen molar-refractivity contribution in [2.45, 2.75) is 0 Å². The lowest BCUT2D eigenvalue weighted by Crippen LogP contribution is -3.00. The first-order valence-corrected chi connectivity index (χ1v) is 4.53. The van der Waals surface area contributed by atoms with Crippen LogP contribution >= 0.6 is 0 Å². The highest BCUT2D eigenvalue weighted by atomic mass is 32.3. The van der Waals surface area contributed by atoms with Gasteiger partial charge in [0.1, 0.15) is 6.20 Å². The summed E-state index contributed by atoms with van der Waals surface area (Å²) in [5.74, 6) is 0. The molecule has 1 unspecified atom stereocenters. The van der Waals surface area contributed by atoms with Gasteiger partial charge in [0.2, 0.25) is 10.4 Å². The molecule has 7 heteroatoms. The van der Waals surface area contributed by atoms with Crippen molar-refractivity contribution < 1.29 is 22.1 Å². The molecule has 74 valence electrons. The monoisotopic (exact) mass is 206 g/mol. The average molecular weight is 206 g/mol. The molecule has 0 spiro atoms. The van der Waals surface area contributed by atoms with Gasteiger partial charge in [-0.05, 0) is 6.58 Å². The van der Waals surface area contributed by atoms with Crippen molar-refractivity contribution in [1.82, 2.24) is 0 Å². The lowest BCUT2D eigenvalue weighted by atomic mass is 10.8. The fourth-order valence-corrected chi connectivity index (χ4v) is 0.422. The number of nitrogens with one attached hydrogen (secondary N) is 1. The van der Waals surface area contributed by atoms with Gasteiger partial charge in [-0.1, -0.05) is 0 Å². The third-order valence-corrected chi connectivity index (χ3v) is 1.42. The molecule has 0 radical (unpaired) electrons. The molecule has 0 saturated carbocycles. The van der Waals surface area contributed by atoms with E-state index in [4.69, 9.17) is 0 Å². The molecule has 0 amide bonds. The minimum atomic E-state index is -4.41. The number of rotatable bonds is 2. The van der Waals surface area contributed by atoms with Crippen LogP contribution in [-0.4, -0.2) is 26.4 Å². The summed E-state index contributed by atoms with van der Waals surface area (Å²) in [6.45, 7) is 3.56. The standard InChI is InChI=1S/C5H6N2.CH4O4S/c1-2-7-4-3-6-5-7;1-5-6(2,3)4/h2-5H,1H2;1H3,(H,2,3,4). The number of hydrogen-bond acceptors (Lipinski definition) is 5. The van der Waals surface area contributed by atoms with Crippen molar-refractivity contribution >= 4 is 16.7 Å². The van der Waals surface area contributed by atoms with E-state index in [0.29, 0.717) is 0 Å². The zero-order valence-corrected chi connectivity index (χ0v) is 7.82. The molecule has 0 aromatic carbocycles. The number of quaternary nitrogens is 1. The molecule has 1 aliphatic heterocycles. The van der Waals surface area contributed by atoms with E-state index in [1.807, 2.05) is 6.20 Å². The quantitative estimate of drug-likeness (QED) is 0.446. The lowest BCUT2D eigenvalue weighted by Gasteiger charge is -1.98. The molecular weight excluding hydrogens is 196 g/mol. The van der Waals surface area contributed by atoms with Crippen LogP contribution in [-0.2, 0) is 14.6 Å². The van der Waals surface area contributed by atoms with E-state index in [1.54, 1.807) is 18.7 Å². The van der Waals surface area contributed by atoms with Gasteiger partial charge >= 0.3 is 0 Å². The van der Waals surface area contributed by atoms with Crippen molar-refractivity contribution in [2.75, 3.05) is 7.11 Å². The maximum absolute atomic E-state index is 9.22. The van der Waals surface area contributed by atoms with Crippen LogP contribution in [0.4, 0.5) is 0 Å². The summed E-state index contributed by atoms with van der Waals surface area (Å²) in [7, 11) is -3.60. The number of nitrogens with zero attached hydrogens (tertiary/aromatic N) is 1. The Morgan fingerprint density at radius 3 is 2.38 bits per heavy atom. The molecule has 0 bridgehead atoms. The second-order valence-corrected chi connectivity index (χ2v) is 3.02. The Bertz CT molecular complexity index is 295. The van der Waals surface area contributed by atoms with E-state index in [-0.39, 0.29) is 0 Å². The fourth-order valence-electron chi connectivity index (χ4n) is 0.422. The molecule has 1 rings (SSSR count). The summed E-state index contributed by atoms with van der Waals surface area (Å²) in [5, 5.41) is 0. The minimum Gasteiger partial charge on any atom is -0.726 e. The summed E-state index contributed by atoms with van der Waals surface area (Å²) in [6.07, 6.45) is 7.20. The van der Waals surface area contributed by atoms with E-state index >= 15 is 0 Å². The van der Waals surface area contributed by atoms with Crippen LogP contribution in [0.5, 0.6) is 0 Å². The van der Waals surface area contributed by atoms with Crippen molar-refractivity contribution in [3.05, 3.63) is 25.2 Å². The summed E-state index contributed by atoms with van der Waals surface area (Å²) in [6, 6.07) is 0. The molecule has 6 nitrogen and oxygen atoms in total. The van der Waals surface area contributed by atoms with E-state index < -0.39 is 10.4 Å². The zero-order valence-electron chi connectivity index (χ0n) is 7.00. The molecule has 0 saturated heterocycles. The Kier molecular flexibility index (Phi) is 5.16. The minimum absolute atomic E-state index is 0.808. The molecule has 13 heavy (non-hydrogen) atoms. The van der Waals surface area contributed by atoms with E-state index in [9.17, 15) is 13.0 Å². The largest absolute Gasteiger partial charge is 0.726 e. The summed E-state index contributed by atoms with van der Waals surface area (Å²) in [4.78, 5) is 4.91. The Labute approximate surface area is 76.8 Å². The third kappa shape index (κ3) is 7.34. The van der Waals surface area contributed by atoms with Crippen LogP contribution in [0.3, 0.4) is 0 Å². The van der Waals surface area contributed by atoms with Gasteiger partial charge in [0, 0.05) is 0 Å². The molecule has 1 aliphatic rings. The van der Waals surface area contributed by atoms with Gasteiger partial charge in [0.05, 0.1) is 19.5 Å². The predicted molar refractivity (Wildman–Crippen MR) is 45.5 cm³/mol. The zero-order chi connectivity index (χ0) is 10.3. The first kappa shape index (κ1) is 12.0. The topological polar surface area (TPSA) is 83.2 Å². The van der Waals surface area contributed by atoms with Gasteiger partial charge in [-0.25, -0.2) is 18.3 Å². The van der Waals surface area contributed by atoms with E-state index in [2.05, 4.69) is 15.8 Å². The highest BCUT2D eigenvalue weighted by Crippen LogP contribution is 1.74. The van der Waals surface area contributed by atoms with Crippen LogP contribution in [0.2, 0.25) is 0 Å². The fraction of sp³-hybridized carbons (Fsp3) is 0.167. The van der Waals surface area contributed by atoms with Crippen molar-refractivity contribution in [3.63, 3.8) is 0 Å². The Morgan fingerprint density at radius 1 is 1.69 bits per heavy atom. The number of aliphatic imine (C=N–C) groups is 1. The molecule has 1 heterocycles. The molecule has 1 N–H and O–H groups in total. The number of hydrogen-bond donors (Lipinski definition) is 1. The van der Waals surface area contributed by atoms with E-state index in [0.717, 1.165) is 12.0 Å². The summed E-state index contributed by atoms with van der Waals surface area (Å²) < 4.78 is 31.0. The first-order chi connectivity index (χ1) is 5.99. The van der Waals surface area contributed by atoms with Gasteiger partial charge < -0.3 is 4.55 Å². The van der Waals surface area contributed by atoms with Crippen molar-refractivity contribution in [3.8, 4) is 0 Å². The molecule has 0 aliphatic carbocycles. The molecule has 1 atom stereocenters.